The van der Waals surface area contributed by atoms with Crippen LogP contribution in [0.4, 0.5) is 5.13 Å². The molecule has 0 unspecified atom stereocenters. The predicted molar refractivity (Wildman–Crippen MR) is 80.9 cm³/mol. The Morgan fingerprint density at radius 2 is 2.11 bits per heavy atom. The summed E-state index contributed by atoms with van der Waals surface area (Å²) in [5.41, 5.74) is 1.09. The van der Waals surface area contributed by atoms with E-state index in [1.54, 1.807) is 11.3 Å². The van der Waals surface area contributed by atoms with Crippen molar-refractivity contribution in [2.45, 2.75) is 19.4 Å². The molecule has 1 aromatic heterocycles. The van der Waals surface area contributed by atoms with Gasteiger partial charge in [-0.2, -0.15) is 0 Å². The fourth-order valence-corrected chi connectivity index (χ4v) is 2.56. The van der Waals surface area contributed by atoms with Gasteiger partial charge in [-0.25, -0.2) is 4.98 Å². The molecule has 0 spiro atoms. The zero-order valence-corrected chi connectivity index (χ0v) is 12.7. The third-order valence-electron chi connectivity index (χ3n) is 3.23. The Balaban J connectivity index is 2.13. The number of halogens is 1. The van der Waals surface area contributed by atoms with Crippen molar-refractivity contribution >= 4 is 38.3 Å². The summed E-state index contributed by atoms with van der Waals surface area (Å²) >= 11 is 7.61. The SMILES string of the molecule is CN(C)C(C)(C)CNc1nc2ccc(Cl)cc2s1. The highest BCUT2D eigenvalue weighted by Gasteiger charge is 2.20. The molecule has 2 aromatic rings. The molecule has 0 saturated heterocycles. The van der Waals surface area contributed by atoms with Crippen LogP contribution in [0, 0.1) is 0 Å². The molecule has 0 aliphatic rings. The van der Waals surface area contributed by atoms with Gasteiger partial charge in [-0.3, -0.25) is 0 Å². The van der Waals surface area contributed by atoms with Crippen LogP contribution in [0.15, 0.2) is 18.2 Å². The Kier molecular flexibility index (Phi) is 3.80. The topological polar surface area (TPSA) is 28.2 Å². The van der Waals surface area contributed by atoms with E-state index in [1.807, 2.05) is 18.2 Å². The van der Waals surface area contributed by atoms with Crippen LogP contribution in [0.3, 0.4) is 0 Å². The maximum atomic E-state index is 5.97. The lowest BCUT2D eigenvalue weighted by Gasteiger charge is -2.32. The number of likely N-dealkylation sites (N-methyl/N-ethyl adjacent to an activating group) is 1. The molecular weight excluding hydrogens is 266 g/mol. The second kappa shape index (κ2) is 5.03. The summed E-state index contributed by atoms with van der Waals surface area (Å²) in [6.45, 7) is 5.25. The van der Waals surface area contributed by atoms with E-state index in [4.69, 9.17) is 11.6 Å². The maximum absolute atomic E-state index is 5.97. The van der Waals surface area contributed by atoms with E-state index in [0.29, 0.717) is 0 Å². The third kappa shape index (κ3) is 2.94. The van der Waals surface area contributed by atoms with Gasteiger partial charge in [0.1, 0.15) is 0 Å². The van der Waals surface area contributed by atoms with Crippen molar-refractivity contribution in [3.63, 3.8) is 0 Å². The van der Waals surface area contributed by atoms with E-state index in [-0.39, 0.29) is 5.54 Å². The molecule has 0 aliphatic carbocycles. The van der Waals surface area contributed by atoms with Crippen LogP contribution in [-0.2, 0) is 0 Å². The summed E-state index contributed by atoms with van der Waals surface area (Å²) in [4.78, 5) is 6.75. The molecule has 2 rings (SSSR count). The van der Waals surface area contributed by atoms with Crippen LogP contribution >= 0.6 is 22.9 Å². The average molecular weight is 284 g/mol. The molecule has 5 heteroatoms. The minimum Gasteiger partial charge on any atom is -0.360 e. The van der Waals surface area contributed by atoms with Gasteiger partial charge in [-0.15, -0.1) is 0 Å². The van der Waals surface area contributed by atoms with Gasteiger partial charge in [0.25, 0.3) is 0 Å². The first kappa shape index (κ1) is 13.6. The van der Waals surface area contributed by atoms with Crippen LogP contribution in [0.25, 0.3) is 10.2 Å². The number of anilines is 1. The lowest BCUT2D eigenvalue weighted by molar-refractivity contribution is 0.210. The van der Waals surface area contributed by atoms with Crippen LogP contribution in [0.5, 0.6) is 0 Å². The monoisotopic (exact) mass is 283 g/mol. The average Bonchev–Trinajstić information content (AvgIpc) is 2.68. The summed E-state index contributed by atoms with van der Waals surface area (Å²) in [5, 5.41) is 5.10. The Morgan fingerprint density at radius 3 is 2.78 bits per heavy atom. The van der Waals surface area contributed by atoms with Crippen LogP contribution in [0.2, 0.25) is 5.02 Å². The Hall–Kier alpha value is -0.840. The number of rotatable bonds is 4. The first-order valence-electron chi connectivity index (χ1n) is 5.86. The highest BCUT2D eigenvalue weighted by atomic mass is 35.5. The molecule has 18 heavy (non-hydrogen) atoms. The number of fused-ring (bicyclic) bond motifs is 1. The van der Waals surface area contributed by atoms with Gasteiger partial charge >= 0.3 is 0 Å². The van der Waals surface area contributed by atoms with Crippen molar-refractivity contribution in [1.29, 1.82) is 0 Å². The standard InChI is InChI=1S/C13H18ClN3S/c1-13(2,17(3)4)8-15-12-16-10-6-5-9(14)7-11(10)18-12/h5-7H,8H2,1-4H3,(H,15,16). The van der Waals surface area contributed by atoms with Gasteiger partial charge in [-0.1, -0.05) is 22.9 Å². The normalized spacial score (nSPS) is 12.3. The van der Waals surface area contributed by atoms with E-state index >= 15 is 0 Å². The van der Waals surface area contributed by atoms with E-state index in [1.165, 1.54) is 0 Å². The molecule has 0 bridgehead atoms. The van der Waals surface area contributed by atoms with E-state index in [0.717, 1.165) is 26.9 Å². The Labute approximate surface area is 117 Å². The fourth-order valence-electron chi connectivity index (χ4n) is 1.42. The maximum Gasteiger partial charge on any atom is 0.183 e. The zero-order valence-electron chi connectivity index (χ0n) is 11.1. The summed E-state index contributed by atoms with van der Waals surface area (Å²) in [6.07, 6.45) is 0. The number of hydrogen-bond acceptors (Lipinski definition) is 4. The van der Waals surface area contributed by atoms with Crippen molar-refractivity contribution in [2.75, 3.05) is 26.0 Å². The minimum absolute atomic E-state index is 0.0928. The quantitative estimate of drug-likeness (QED) is 0.927. The summed E-state index contributed by atoms with van der Waals surface area (Å²) in [5.74, 6) is 0. The number of thiazole rings is 1. The highest BCUT2D eigenvalue weighted by Crippen LogP contribution is 2.28. The highest BCUT2D eigenvalue weighted by molar-refractivity contribution is 7.22. The number of nitrogens with one attached hydrogen (secondary N) is 1. The van der Waals surface area contributed by atoms with Gasteiger partial charge in [0.15, 0.2) is 5.13 Å². The number of hydrogen-bond donors (Lipinski definition) is 1. The minimum atomic E-state index is 0.0928. The molecule has 0 atom stereocenters. The van der Waals surface area contributed by atoms with Gasteiger partial charge in [-0.05, 0) is 46.1 Å². The second-order valence-corrected chi connectivity index (χ2v) is 6.66. The van der Waals surface area contributed by atoms with Gasteiger partial charge in [0, 0.05) is 17.1 Å². The molecule has 1 heterocycles. The molecule has 0 amide bonds. The Morgan fingerprint density at radius 1 is 1.39 bits per heavy atom. The van der Waals surface area contributed by atoms with Crippen molar-refractivity contribution in [1.82, 2.24) is 9.88 Å². The number of nitrogens with zero attached hydrogens (tertiary/aromatic N) is 2. The molecule has 3 nitrogen and oxygen atoms in total. The Bertz CT molecular complexity index is 548. The summed E-state index contributed by atoms with van der Waals surface area (Å²) in [7, 11) is 4.17. The third-order valence-corrected chi connectivity index (χ3v) is 4.44. The second-order valence-electron chi connectivity index (χ2n) is 5.19. The van der Waals surface area contributed by atoms with Crippen molar-refractivity contribution in [3.05, 3.63) is 23.2 Å². The molecular formula is C13H18ClN3S. The number of benzene rings is 1. The van der Waals surface area contributed by atoms with Crippen molar-refractivity contribution in [3.8, 4) is 0 Å². The van der Waals surface area contributed by atoms with Gasteiger partial charge in [0.2, 0.25) is 0 Å². The van der Waals surface area contributed by atoms with E-state index in [9.17, 15) is 0 Å². The summed E-state index contributed by atoms with van der Waals surface area (Å²) in [6, 6.07) is 5.78. The van der Waals surface area contributed by atoms with E-state index in [2.05, 4.69) is 43.1 Å². The zero-order chi connectivity index (χ0) is 13.3. The molecule has 0 saturated carbocycles. The fraction of sp³-hybridized carbons (Fsp3) is 0.462. The molecule has 0 aliphatic heterocycles. The smallest absolute Gasteiger partial charge is 0.183 e. The van der Waals surface area contributed by atoms with Crippen LogP contribution < -0.4 is 5.32 Å². The lowest BCUT2D eigenvalue weighted by atomic mass is 10.1. The largest absolute Gasteiger partial charge is 0.360 e. The van der Waals surface area contributed by atoms with Gasteiger partial charge in [0.05, 0.1) is 10.2 Å². The molecule has 1 aromatic carbocycles. The van der Waals surface area contributed by atoms with E-state index < -0.39 is 0 Å². The van der Waals surface area contributed by atoms with Crippen LogP contribution in [0.1, 0.15) is 13.8 Å². The summed E-state index contributed by atoms with van der Waals surface area (Å²) < 4.78 is 1.12. The first-order chi connectivity index (χ1) is 8.38. The molecule has 1 N–H and O–H groups in total. The molecule has 0 radical (unpaired) electrons. The lowest BCUT2D eigenvalue weighted by Crippen LogP contribution is -2.44. The number of aromatic nitrogens is 1. The molecule has 0 fully saturated rings. The van der Waals surface area contributed by atoms with Crippen molar-refractivity contribution < 1.29 is 0 Å². The molecule has 98 valence electrons. The van der Waals surface area contributed by atoms with Gasteiger partial charge < -0.3 is 10.2 Å². The van der Waals surface area contributed by atoms with Crippen molar-refractivity contribution in [2.24, 2.45) is 0 Å². The van der Waals surface area contributed by atoms with Crippen LogP contribution in [-0.4, -0.2) is 36.1 Å². The predicted octanol–water partition coefficient (Wildman–Crippen LogP) is 3.70. The first-order valence-corrected chi connectivity index (χ1v) is 7.05.